The fourth-order valence-electron chi connectivity index (χ4n) is 8.73. The summed E-state index contributed by atoms with van der Waals surface area (Å²) in [7, 11) is 0. The second-order valence-corrected chi connectivity index (χ2v) is 15.9. The molecule has 0 N–H and O–H groups in total. The molecule has 1 unspecified atom stereocenters. The average Bonchev–Trinajstić information content (AvgIpc) is 3.16. The fourth-order valence-corrected chi connectivity index (χ4v) is 8.73. The first kappa shape index (κ1) is 37.9. The number of nitrogens with zero attached hydrogens (tertiary/aromatic N) is 3. The van der Waals surface area contributed by atoms with Gasteiger partial charge in [-0.15, -0.1) is 18.7 Å². The van der Waals surface area contributed by atoms with Gasteiger partial charge in [-0.05, 0) is 116 Å². The molecule has 3 heterocycles. The van der Waals surface area contributed by atoms with Gasteiger partial charge in [0.25, 0.3) is 0 Å². The zero-order valence-electron chi connectivity index (χ0n) is 32.7. The minimum absolute atomic E-state index is 0.401. The smallest absolute Gasteiger partial charge is 0.213 e. The molecule has 53 heavy (non-hydrogen) atoms. The second kappa shape index (κ2) is 17.3. The molecule has 0 bridgehead atoms. The van der Waals surface area contributed by atoms with E-state index in [0.717, 1.165) is 48.6 Å². The summed E-state index contributed by atoms with van der Waals surface area (Å²) < 4.78 is 6.17. The van der Waals surface area contributed by atoms with Gasteiger partial charge in [-0.2, -0.15) is 4.24 Å². The molecule has 1 aromatic heterocycles. The number of aromatic nitrogens is 1. The van der Waals surface area contributed by atoms with E-state index >= 15 is 0 Å². The summed E-state index contributed by atoms with van der Waals surface area (Å²) in [5.41, 5.74) is 10.2. The Morgan fingerprint density at radius 1 is 0.811 bits per heavy atom. The van der Waals surface area contributed by atoms with Crippen molar-refractivity contribution in [2.75, 3.05) is 0 Å². The van der Waals surface area contributed by atoms with Crippen LogP contribution in [0.5, 0.6) is 0 Å². The van der Waals surface area contributed by atoms with Gasteiger partial charge in [-0.25, -0.2) is 0 Å². The van der Waals surface area contributed by atoms with E-state index in [1.165, 1.54) is 88.9 Å². The molecular formula is C50H60N3+. The summed E-state index contributed by atoms with van der Waals surface area (Å²) in [6.45, 7) is 26.0. The van der Waals surface area contributed by atoms with Crippen LogP contribution in [0.25, 0.3) is 5.57 Å². The summed E-state index contributed by atoms with van der Waals surface area (Å²) >= 11 is 0. The maximum Gasteiger partial charge on any atom is 0.213 e. The number of aryl methyl sites for hydroxylation is 2. The highest BCUT2D eigenvalue weighted by Gasteiger charge is 2.30. The Bertz CT molecular complexity index is 2060. The molecule has 1 fully saturated rings. The summed E-state index contributed by atoms with van der Waals surface area (Å²) in [6, 6.07) is 15.4. The summed E-state index contributed by atoms with van der Waals surface area (Å²) in [6.07, 6.45) is 37.5. The third-order valence-electron chi connectivity index (χ3n) is 12.0. The fraction of sp³-hybridized carbons (Fsp3) is 0.340. The molecule has 1 aromatic carbocycles. The van der Waals surface area contributed by atoms with Gasteiger partial charge in [-0.1, -0.05) is 93.5 Å². The SMILES string of the molecule is C=C(/C(C)=C\C)[C-]1C=CC(CC[C@@H]2C[C@H](CCC3=C[N+](=C)[C-](c4ccccc4C)C=C3)C[C@H](CCc3cc/c(=C4\C=CC=CC4C)[n+](=C)c3)C2)=C[N+]1=C. The van der Waals surface area contributed by atoms with Crippen LogP contribution in [0.15, 0.2) is 139 Å². The summed E-state index contributed by atoms with van der Waals surface area (Å²) in [5, 5.41) is 1.20. The summed E-state index contributed by atoms with van der Waals surface area (Å²) in [5.74, 6) is 2.58. The zero-order valence-corrected chi connectivity index (χ0v) is 32.7. The van der Waals surface area contributed by atoms with Crippen LogP contribution in [0.4, 0.5) is 0 Å². The molecule has 0 amide bonds. The van der Waals surface area contributed by atoms with Crippen molar-refractivity contribution < 1.29 is 13.4 Å². The summed E-state index contributed by atoms with van der Waals surface area (Å²) in [4.78, 5) is 0. The van der Waals surface area contributed by atoms with Crippen molar-refractivity contribution in [1.29, 1.82) is 0 Å². The van der Waals surface area contributed by atoms with Crippen LogP contribution in [0.3, 0.4) is 0 Å². The van der Waals surface area contributed by atoms with Gasteiger partial charge in [0.1, 0.15) is 31.2 Å². The zero-order chi connectivity index (χ0) is 37.5. The molecule has 0 spiro atoms. The van der Waals surface area contributed by atoms with E-state index in [9.17, 15) is 0 Å². The van der Waals surface area contributed by atoms with Crippen LogP contribution in [0, 0.1) is 49.4 Å². The topological polar surface area (TPSA) is 11.9 Å². The Kier molecular flexibility index (Phi) is 12.3. The Hall–Kier alpha value is -4.89. The quantitative estimate of drug-likeness (QED) is 0.119. The standard InChI is InChI=1S/C50H60N3/c1-9-36(2)39(5)48-27-24-40(33-51(48)6)18-21-43-30-44(22-19-41-25-28-49(52(7)34-41)46-16-12-10-14-37(46)3)32-45(31-43)23-20-42-26-29-50(53(8)35-42)47-17-13-11-15-38(47)4/h9-17,24-29,33-35,37,43-45H,5-8,18-23,30-32H2,1-4H3/q+1/b36-9-,49-46-/t37?,43-,44+,45-/m0/s1. The predicted molar refractivity (Wildman–Crippen MR) is 224 cm³/mol. The molecule has 6 rings (SSSR count). The first-order valence-corrected chi connectivity index (χ1v) is 19.8. The van der Waals surface area contributed by atoms with Crippen molar-refractivity contribution in [1.82, 2.24) is 0 Å². The van der Waals surface area contributed by atoms with Gasteiger partial charge in [0, 0.05) is 23.1 Å². The van der Waals surface area contributed by atoms with E-state index in [-0.39, 0.29) is 0 Å². The lowest BCUT2D eigenvalue weighted by atomic mass is 9.70. The highest BCUT2D eigenvalue weighted by molar-refractivity contribution is 5.61. The molecule has 0 saturated heterocycles. The predicted octanol–water partition coefficient (Wildman–Crippen LogP) is 10.3. The van der Waals surface area contributed by atoms with E-state index in [1.54, 1.807) is 0 Å². The molecule has 2 aliphatic carbocycles. The van der Waals surface area contributed by atoms with Crippen molar-refractivity contribution in [3.05, 3.63) is 179 Å². The number of hydrogen-bond donors (Lipinski definition) is 0. The van der Waals surface area contributed by atoms with E-state index in [2.05, 4.69) is 173 Å². The highest BCUT2D eigenvalue weighted by Crippen LogP contribution is 2.41. The largest absolute Gasteiger partial charge is 0.255 e. The number of rotatable bonds is 12. The Morgan fingerprint density at radius 2 is 1.45 bits per heavy atom. The Labute approximate surface area is 319 Å². The maximum atomic E-state index is 4.40. The van der Waals surface area contributed by atoms with Crippen molar-refractivity contribution in [2.24, 2.45) is 23.7 Å². The molecule has 4 aliphatic rings. The molecule has 1 saturated carbocycles. The molecule has 3 heteroatoms. The number of pyridine rings is 1. The third-order valence-corrected chi connectivity index (χ3v) is 12.0. The van der Waals surface area contributed by atoms with Crippen molar-refractivity contribution in [3.8, 4) is 0 Å². The van der Waals surface area contributed by atoms with Crippen molar-refractivity contribution in [2.45, 2.75) is 85.5 Å². The van der Waals surface area contributed by atoms with E-state index < -0.39 is 0 Å². The Balaban J connectivity index is 1.11. The van der Waals surface area contributed by atoms with Crippen LogP contribution in [0.1, 0.15) is 88.8 Å². The lowest BCUT2D eigenvalue weighted by Gasteiger charge is -2.36. The molecule has 2 aliphatic heterocycles. The Morgan fingerprint density at radius 3 is 2.06 bits per heavy atom. The lowest BCUT2D eigenvalue weighted by Crippen LogP contribution is -2.38. The van der Waals surface area contributed by atoms with Gasteiger partial charge >= 0.3 is 0 Å². The van der Waals surface area contributed by atoms with E-state index in [4.69, 9.17) is 0 Å². The molecule has 3 nitrogen and oxygen atoms in total. The normalized spacial score (nSPS) is 24.1. The monoisotopic (exact) mass is 702 g/mol. The average molecular weight is 703 g/mol. The van der Waals surface area contributed by atoms with Crippen LogP contribution in [-0.2, 0) is 6.42 Å². The van der Waals surface area contributed by atoms with E-state index in [0.29, 0.717) is 5.92 Å². The molecule has 2 aromatic rings. The minimum atomic E-state index is 0.401. The highest BCUT2D eigenvalue weighted by atomic mass is 15.0. The maximum absolute atomic E-state index is 4.40. The number of hydrogen-bond acceptors (Lipinski definition) is 0. The second-order valence-electron chi connectivity index (χ2n) is 15.9. The number of benzene rings is 1. The van der Waals surface area contributed by atoms with Crippen LogP contribution in [-0.4, -0.2) is 22.6 Å². The molecule has 274 valence electrons. The van der Waals surface area contributed by atoms with Gasteiger partial charge < -0.3 is 0 Å². The van der Waals surface area contributed by atoms with Crippen molar-refractivity contribution >= 4 is 19.0 Å². The molecule has 4 atom stereocenters. The van der Waals surface area contributed by atoms with Gasteiger partial charge in [-0.3, -0.25) is 9.15 Å². The number of allylic oxidation sites excluding steroid dienone is 9. The van der Waals surface area contributed by atoms with Gasteiger partial charge in [0.05, 0.1) is 13.4 Å². The molecule has 0 radical (unpaired) electrons. The van der Waals surface area contributed by atoms with Gasteiger partial charge in [0.2, 0.25) is 5.35 Å². The van der Waals surface area contributed by atoms with Crippen molar-refractivity contribution in [3.63, 3.8) is 0 Å². The molecular weight excluding hydrogens is 643 g/mol. The van der Waals surface area contributed by atoms with Crippen LogP contribution < -0.4 is 9.59 Å². The van der Waals surface area contributed by atoms with Crippen LogP contribution in [0.2, 0.25) is 0 Å². The van der Waals surface area contributed by atoms with E-state index in [1.807, 2.05) is 4.58 Å². The minimum Gasteiger partial charge on any atom is -0.255 e. The first-order valence-electron chi connectivity index (χ1n) is 19.8. The van der Waals surface area contributed by atoms with Crippen LogP contribution >= 0.6 is 0 Å². The van der Waals surface area contributed by atoms with Gasteiger partial charge in [0.15, 0.2) is 6.20 Å². The third kappa shape index (κ3) is 9.38. The first-order chi connectivity index (χ1) is 25.6. The lowest BCUT2D eigenvalue weighted by molar-refractivity contribution is -0.514.